The zero-order valence-electron chi connectivity index (χ0n) is 10.8. The van der Waals surface area contributed by atoms with E-state index >= 15 is 0 Å². The van der Waals surface area contributed by atoms with Gasteiger partial charge >= 0.3 is 0 Å². The van der Waals surface area contributed by atoms with Crippen LogP contribution in [0.4, 0.5) is 0 Å². The standard InChI is InChI=1S/C13H12N4S3/c1-16-8-7-14-11(16)9-19-12-15-17(13(18)20-12)10-5-3-2-4-6-10/h2-8H,9H2,1H3. The molecule has 20 heavy (non-hydrogen) atoms. The average Bonchev–Trinajstić information content (AvgIpc) is 3.03. The van der Waals surface area contributed by atoms with E-state index in [4.69, 9.17) is 12.2 Å². The predicted octanol–water partition coefficient (Wildman–Crippen LogP) is 3.69. The highest BCUT2D eigenvalue weighted by molar-refractivity contribution is 8.00. The molecule has 0 atom stereocenters. The molecule has 4 nitrogen and oxygen atoms in total. The normalized spacial score (nSPS) is 10.8. The number of imidazole rings is 1. The molecule has 0 N–H and O–H groups in total. The van der Waals surface area contributed by atoms with Gasteiger partial charge in [0.05, 0.1) is 11.4 Å². The van der Waals surface area contributed by atoms with Crippen LogP contribution >= 0.6 is 35.3 Å². The second-order valence-corrected chi connectivity index (χ2v) is 6.97. The highest BCUT2D eigenvalue weighted by Crippen LogP contribution is 2.26. The third kappa shape index (κ3) is 2.84. The Bertz CT molecular complexity index is 757. The number of hydrogen-bond acceptors (Lipinski definition) is 5. The molecule has 0 saturated carbocycles. The van der Waals surface area contributed by atoms with Crippen LogP contribution < -0.4 is 0 Å². The summed E-state index contributed by atoms with van der Waals surface area (Å²) in [5.74, 6) is 1.82. The first-order valence-corrected chi connectivity index (χ1v) is 8.19. The summed E-state index contributed by atoms with van der Waals surface area (Å²) in [6.07, 6.45) is 3.75. The van der Waals surface area contributed by atoms with E-state index in [9.17, 15) is 0 Å². The van der Waals surface area contributed by atoms with Crippen molar-refractivity contribution in [2.45, 2.75) is 10.1 Å². The van der Waals surface area contributed by atoms with Crippen molar-refractivity contribution < 1.29 is 0 Å². The summed E-state index contributed by atoms with van der Waals surface area (Å²) in [6.45, 7) is 0. The molecule has 0 unspecified atom stereocenters. The van der Waals surface area contributed by atoms with Crippen molar-refractivity contribution in [2.75, 3.05) is 0 Å². The Morgan fingerprint density at radius 2 is 2.10 bits per heavy atom. The van der Waals surface area contributed by atoms with Crippen LogP contribution in [-0.2, 0) is 12.8 Å². The van der Waals surface area contributed by atoms with Crippen molar-refractivity contribution in [2.24, 2.45) is 7.05 Å². The van der Waals surface area contributed by atoms with Gasteiger partial charge in [0.2, 0.25) is 0 Å². The lowest BCUT2D eigenvalue weighted by Crippen LogP contribution is -1.96. The summed E-state index contributed by atoms with van der Waals surface area (Å²) in [5.41, 5.74) is 0.998. The third-order valence-corrected chi connectivity index (χ3v) is 5.14. The van der Waals surface area contributed by atoms with E-state index in [0.29, 0.717) is 0 Å². The fourth-order valence-corrected chi connectivity index (χ4v) is 4.08. The van der Waals surface area contributed by atoms with Gasteiger partial charge < -0.3 is 4.57 Å². The van der Waals surface area contributed by atoms with Gasteiger partial charge in [0, 0.05) is 19.4 Å². The van der Waals surface area contributed by atoms with Gasteiger partial charge in [-0.05, 0) is 24.4 Å². The maximum absolute atomic E-state index is 5.38. The van der Waals surface area contributed by atoms with Crippen molar-refractivity contribution in [1.29, 1.82) is 0 Å². The van der Waals surface area contributed by atoms with Crippen LogP contribution in [-0.4, -0.2) is 19.3 Å². The molecule has 0 aliphatic heterocycles. The summed E-state index contributed by atoms with van der Waals surface area (Å²) >= 11 is 8.57. The minimum atomic E-state index is 0.763. The molecular weight excluding hydrogens is 308 g/mol. The van der Waals surface area contributed by atoms with Crippen molar-refractivity contribution in [3.8, 4) is 5.69 Å². The average molecular weight is 320 g/mol. The Kier molecular flexibility index (Phi) is 4.00. The number of para-hydroxylation sites is 1. The summed E-state index contributed by atoms with van der Waals surface area (Å²) in [7, 11) is 1.99. The van der Waals surface area contributed by atoms with E-state index in [1.165, 1.54) is 11.3 Å². The summed E-state index contributed by atoms with van der Waals surface area (Å²) in [5, 5.41) is 4.57. The number of benzene rings is 1. The molecule has 3 rings (SSSR count). The molecule has 0 aliphatic carbocycles. The van der Waals surface area contributed by atoms with Gasteiger partial charge in [0.25, 0.3) is 0 Å². The number of nitrogens with zero attached hydrogens (tertiary/aromatic N) is 4. The highest BCUT2D eigenvalue weighted by Gasteiger charge is 2.08. The van der Waals surface area contributed by atoms with E-state index < -0.39 is 0 Å². The molecule has 0 bridgehead atoms. The summed E-state index contributed by atoms with van der Waals surface area (Å²) in [6, 6.07) is 9.95. The van der Waals surface area contributed by atoms with Gasteiger partial charge in [-0.1, -0.05) is 41.3 Å². The lowest BCUT2D eigenvalue weighted by Gasteiger charge is -2.00. The minimum Gasteiger partial charge on any atom is -0.337 e. The quantitative estimate of drug-likeness (QED) is 0.542. The zero-order valence-corrected chi connectivity index (χ0v) is 13.2. The Balaban J connectivity index is 1.80. The van der Waals surface area contributed by atoms with Crippen molar-refractivity contribution >= 4 is 35.3 Å². The SMILES string of the molecule is Cn1ccnc1CSc1nn(-c2ccccc2)c(=S)s1. The summed E-state index contributed by atoms with van der Waals surface area (Å²) in [4.78, 5) is 4.30. The van der Waals surface area contributed by atoms with E-state index in [-0.39, 0.29) is 0 Å². The van der Waals surface area contributed by atoms with Crippen molar-refractivity contribution in [1.82, 2.24) is 19.3 Å². The van der Waals surface area contributed by atoms with Crippen LogP contribution in [0.2, 0.25) is 0 Å². The van der Waals surface area contributed by atoms with Gasteiger partial charge in [-0.3, -0.25) is 0 Å². The van der Waals surface area contributed by atoms with Crippen LogP contribution in [0.3, 0.4) is 0 Å². The van der Waals surface area contributed by atoms with Gasteiger partial charge in [-0.15, -0.1) is 5.10 Å². The minimum absolute atomic E-state index is 0.763. The van der Waals surface area contributed by atoms with Crippen LogP contribution in [0.15, 0.2) is 47.1 Å². The molecule has 3 aromatic rings. The smallest absolute Gasteiger partial charge is 0.184 e. The van der Waals surface area contributed by atoms with E-state index in [1.54, 1.807) is 22.6 Å². The molecule has 0 amide bonds. The molecule has 2 heterocycles. The predicted molar refractivity (Wildman–Crippen MR) is 85.0 cm³/mol. The van der Waals surface area contributed by atoms with Crippen LogP contribution in [0, 0.1) is 3.95 Å². The fourth-order valence-electron chi connectivity index (χ4n) is 1.71. The third-order valence-electron chi connectivity index (χ3n) is 2.78. The lowest BCUT2D eigenvalue weighted by atomic mass is 10.3. The molecule has 7 heteroatoms. The fraction of sp³-hybridized carbons (Fsp3) is 0.154. The van der Waals surface area contributed by atoms with Gasteiger partial charge in [-0.25, -0.2) is 9.67 Å². The highest BCUT2D eigenvalue weighted by atomic mass is 32.2. The van der Waals surface area contributed by atoms with Crippen molar-refractivity contribution in [3.63, 3.8) is 0 Å². The van der Waals surface area contributed by atoms with Gasteiger partial charge in [0.15, 0.2) is 8.29 Å². The molecule has 2 aromatic heterocycles. The van der Waals surface area contributed by atoms with Crippen molar-refractivity contribution in [3.05, 3.63) is 52.5 Å². The Hall–Kier alpha value is -1.44. The summed E-state index contributed by atoms with van der Waals surface area (Å²) < 4.78 is 5.54. The first kappa shape index (κ1) is 13.5. The zero-order chi connectivity index (χ0) is 13.9. The molecule has 102 valence electrons. The largest absolute Gasteiger partial charge is 0.337 e. The number of aromatic nitrogens is 4. The first-order chi connectivity index (χ1) is 9.74. The molecule has 0 radical (unpaired) electrons. The van der Waals surface area contributed by atoms with E-state index in [2.05, 4.69) is 10.1 Å². The van der Waals surface area contributed by atoms with Gasteiger partial charge in [-0.2, -0.15) is 0 Å². The van der Waals surface area contributed by atoms with Crippen LogP contribution in [0.5, 0.6) is 0 Å². The lowest BCUT2D eigenvalue weighted by molar-refractivity contribution is 0.825. The molecule has 0 saturated heterocycles. The van der Waals surface area contributed by atoms with E-state index in [0.717, 1.165) is 25.6 Å². The Morgan fingerprint density at radius 1 is 1.30 bits per heavy atom. The second-order valence-electron chi connectivity index (χ2n) is 4.12. The Labute approximate surface area is 130 Å². The maximum Gasteiger partial charge on any atom is 0.184 e. The number of hydrogen-bond donors (Lipinski definition) is 0. The molecule has 0 spiro atoms. The van der Waals surface area contributed by atoms with Crippen LogP contribution in [0.25, 0.3) is 5.69 Å². The number of thioether (sulfide) groups is 1. The maximum atomic E-state index is 5.38. The topological polar surface area (TPSA) is 35.6 Å². The van der Waals surface area contributed by atoms with Gasteiger partial charge in [0.1, 0.15) is 5.82 Å². The van der Waals surface area contributed by atoms with E-state index in [1.807, 2.05) is 48.1 Å². The molecular formula is C13H12N4S3. The van der Waals surface area contributed by atoms with Crippen LogP contribution in [0.1, 0.15) is 5.82 Å². The molecule has 1 aromatic carbocycles. The monoisotopic (exact) mass is 320 g/mol. The molecule has 0 fully saturated rings. The molecule has 0 aliphatic rings. The second kappa shape index (κ2) is 5.90. The Morgan fingerprint density at radius 3 is 2.80 bits per heavy atom. The first-order valence-electron chi connectivity index (χ1n) is 5.98. The number of aryl methyl sites for hydroxylation is 1. The number of rotatable bonds is 4.